The van der Waals surface area contributed by atoms with Crippen LogP contribution in [0.5, 0.6) is 0 Å². The van der Waals surface area contributed by atoms with Gasteiger partial charge >= 0.3 is 0 Å². The summed E-state index contributed by atoms with van der Waals surface area (Å²) in [6.45, 7) is 0. The van der Waals surface area contributed by atoms with Crippen molar-refractivity contribution in [1.29, 1.82) is 0 Å². The molecule has 2 nitrogen and oxygen atoms in total. The molecule has 62 heavy (non-hydrogen) atoms. The molecule has 0 saturated carbocycles. The Kier molecular flexibility index (Phi) is 3.33. The normalized spacial score (nSPS) is 20.4. The Morgan fingerprint density at radius 3 is 1.06 bits per heavy atom. The van der Waals surface area contributed by atoms with Crippen molar-refractivity contribution in [3.05, 3.63) is 242 Å². The van der Waals surface area contributed by atoms with E-state index in [0.29, 0.717) is 9.13 Å². The van der Waals surface area contributed by atoms with Crippen molar-refractivity contribution in [2.75, 3.05) is 0 Å². The lowest BCUT2D eigenvalue weighted by Crippen LogP contribution is -1.94. The van der Waals surface area contributed by atoms with Gasteiger partial charge in [-0.25, -0.2) is 0 Å². The molecule has 0 bridgehead atoms. The van der Waals surface area contributed by atoms with E-state index in [-0.39, 0.29) is 0 Å². The molecule has 0 fully saturated rings. The molecule has 0 radical (unpaired) electrons. The van der Waals surface area contributed by atoms with E-state index in [1.54, 1.807) is 0 Å². The molecule has 12 aromatic rings. The number of hydrogen-bond donors (Lipinski definition) is 0. The third-order valence-electron chi connectivity index (χ3n) is 9.55. The average molecular weight is 828 g/mol. The fourth-order valence-electron chi connectivity index (χ4n) is 6.77. The van der Waals surface area contributed by atoms with Gasteiger partial charge in [-0.3, -0.25) is 0 Å². The standard InChI is InChI=1S/C60H40N2/c1-3-12-41(13-4-1)43-22-24-45(25-23-43)46-30-34-51(35-31-46)61-57-20-9-7-18-53(57)55-39-49(32-36-59(55)61)50-33-37-60-56(40-50)54-19-8-10-21-58(54)62(60)52-17-11-16-48(38-52)47-28-26-44(27-29-47)42-14-5-2-6-15-42/h1-40H/i1D,2D,3D,4D,5D,6D,7D,8D,9D,10D,11D,12D,13D,14D,15D,17D,18D,19D,20D,21D,22D,23D,24D,25D,26D,27D,28D,29D,30D,31D,32D,33D,34D,35D,36D,37D,38D,39D,40D. The summed E-state index contributed by atoms with van der Waals surface area (Å²) in [4.78, 5) is 0. The van der Waals surface area contributed by atoms with Crippen LogP contribution >= 0.6 is 0 Å². The molecule has 0 aliphatic carbocycles. The first-order valence-corrected chi connectivity index (χ1v) is 18.2. The molecule has 0 aliphatic heterocycles. The van der Waals surface area contributed by atoms with Crippen LogP contribution in [0, 0.1) is 0 Å². The van der Waals surface area contributed by atoms with Crippen LogP contribution in [-0.2, 0) is 0 Å². The third-order valence-corrected chi connectivity index (χ3v) is 9.55. The van der Waals surface area contributed by atoms with E-state index >= 15 is 0 Å². The molecule has 0 unspecified atom stereocenters. The van der Waals surface area contributed by atoms with Crippen molar-refractivity contribution in [3.8, 4) is 67.0 Å². The first-order valence-electron chi connectivity index (χ1n) is 37.7. The fourth-order valence-corrected chi connectivity index (χ4v) is 6.77. The molecule has 10 aromatic carbocycles. The Morgan fingerprint density at radius 2 is 0.581 bits per heavy atom. The minimum Gasteiger partial charge on any atom is -0.309 e. The molecule has 0 atom stereocenters. The molecule has 2 heterocycles. The first-order chi connectivity index (χ1) is 47.0. The van der Waals surface area contributed by atoms with E-state index in [0.717, 1.165) is 6.07 Å². The Morgan fingerprint density at radius 1 is 0.226 bits per heavy atom. The fraction of sp³-hybridized carbons (Fsp3) is 0. The highest BCUT2D eigenvalue weighted by atomic mass is 15.0. The van der Waals surface area contributed by atoms with E-state index < -0.39 is 346 Å². The van der Waals surface area contributed by atoms with E-state index in [9.17, 15) is 24.7 Å². The van der Waals surface area contributed by atoms with Crippen molar-refractivity contribution in [3.63, 3.8) is 0 Å². The summed E-state index contributed by atoms with van der Waals surface area (Å²) in [5.41, 5.74) is -13.2. The SMILES string of the molecule is [2H]c1cc(-c2c([2H])c([2H])c(-c3c([2H])c([2H])c([2H])c([2H])c3[2H])c([2H])c2[2H])c([2H])c(-n2c3c([2H])c([2H])c([2H])c([2H])c3c3c([2H])c(-c4c([2H])c([2H])c5c(c4[2H])c4c([2H])c([2H])c([2H])c([2H])c4n5-c4c([2H])c([2H])c(-c5c([2H])c([2H])c(-c6c([2H])c([2H])c([2H])c([2H])c6[2H])c([2H])c5[2H])c([2H])c4[2H])c([2H])c([2H])c32)c1[2H]. The summed E-state index contributed by atoms with van der Waals surface area (Å²) in [7, 11) is 0. The summed E-state index contributed by atoms with van der Waals surface area (Å²) in [6.07, 6.45) is 0. The summed E-state index contributed by atoms with van der Waals surface area (Å²) in [6, 6.07) is -38.6. The molecule has 0 spiro atoms. The van der Waals surface area contributed by atoms with E-state index in [2.05, 4.69) is 0 Å². The van der Waals surface area contributed by atoms with Gasteiger partial charge in [-0.15, -0.1) is 0 Å². The van der Waals surface area contributed by atoms with Crippen LogP contribution in [0.25, 0.3) is 111 Å². The number of hydrogen-bond acceptors (Lipinski definition) is 0. The van der Waals surface area contributed by atoms with Crippen LogP contribution in [-0.4, -0.2) is 9.13 Å². The minimum absolute atomic E-state index is 0.613. The van der Waals surface area contributed by atoms with Crippen LogP contribution in [0.15, 0.2) is 242 Å². The summed E-state index contributed by atoms with van der Waals surface area (Å²) in [5, 5.41) is -2.91. The quantitative estimate of drug-likeness (QED) is 0.151. The summed E-state index contributed by atoms with van der Waals surface area (Å²) in [5.74, 6) is 0. The number of rotatable bonds is 7. The Hall–Kier alpha value is -8.20. The Bertz CT molecular complexity index is 5800. The number of aromatic nitrogens is 2. The topological polar surface area (TPSA) is 9.86 Å². The van der Waals surface area contributed by atoms with Crippen molar-refractivity contribution < 1.29 is 53.5 Å². The molecule has 2 aromatic heterocycles. The highest BCUT2D eigenvalue weighted by molar-refractivity contribution is 6.12. The Labute approximate surface area is 415 Å². The van der Waals surface area contributed by atoms with Crippen molar-refractivity contribution in [1.82, 2.24) is 9.13 Å². The van der Waals surface area contributed by atoms with Gasteiger partial charge in [-0.1, -0.05) is 181 Å². The molecule has 0 N–H and O–H groups in total. The second-order valence-corrected chi connectivity index (χ2v) is 13.1. The van der Waals surface area contributed by atoms with Gasteiger partial charge in [0.15, 0.2) is 0 Å². The predicted octanol–water partition coefficient (Wildman–Crippen LogP) is 16.2. The maximum Gasteiger partial charge on any atom is 0.0651 e. The van der Waals surface area contributed by atoms with E-state index in [4.69, 9.17) is 28.8 Å². The van der Waals surface area contributed by atoms with Crippen molar-refractivity contribution in [2.45, 2.75) is 0 Å². The van der Waals surface area contributed by atoms with Gasteiger partial charge in [0.2, 0.25) is 0 Å². The van der Waals surface area contributed by atoms with Gasteiger partial charge in [0.25, 0.3) is 0 Å². The van der Waals surface area contributed by atoms with Crippen molar-refractivity contribution >= 4 is 43.6 Å². The van der Waals surface area contributed by atoms with Crippen LogP contribution in [0.1, 0.15) is 53.5 Å². The first kappa shape index (κ1) is 13.9. The lowest BCUT2D eigenvalue weighted by Gasteiger charge is -2.11. The monoisotopic (exact) mass is 828 g/mol. The predicted molar refractivity (Wildman–Crippen MR) is 262 cm³/mol. The third kappa shape index (κ3) is 6.12. The maximum atomic E-state index is 10.0. The number of benzene rings is 10. The molecule has 290 valence electrons. The summed E-state index contributed by atoms with van der Waals surface area (Å²) < 4.78 is 354. The molecule has 2 heteroatoms. The van der Waals surface area contributed by atoms with E-state index in [1.807, 2.05) is 0 Å². The zero-order chi connectivity index (χ0) is 74.9. The lowest BCUT2D eigenvalue weighted by atomic mass is 10.00. The molecule has 0 amide bonds. The highest BCUT2D eigenvalue weighted by Gasteiger charge is 2.17. The number of para-hydroxylation sites is 2. The molecule has 12 rings (SSSR count). The van der Waals surface area contributed by atoms with Gasteiger partial charge in [-0.05, 0) is 116 Å². The molecular formula is C60H40N2. The maximum absolute atomic E-state index is 10.0. The second kappa shape index (κ2) is 14.8. The smallest absolute Gasteiger partial charge is 0.0651 e. The Balaban J connectivity index is 1.15. The second-order valence-electron chi connectivity index (χ2n) is 13.1. The average Bonchev–Trinajstić information content (AvgIpc) is 1.54. The zero-order valence-electron chi connectivity index (χ0n) is 70.0. The zero-order valence-corrected chi connectivity index (χ0v) is 31.0. The lowest BCUT2D eigenvalue weighted by molar-refractivity contribution is 1.18. The number of fused-ring (bicyclic) bond motifs is 6. The highest BCUT2D eigenvalue weighted by Crippen LogP contribution is 2.39. The van der Waals surface area contributed by atoms with E-state index in [1.165, 1.54) is 0 Å². The van der Waals surface area contributed by atoms with Crippen molar-refractivity contribution in [2.24, 2.45) is 0 Å². The largest absolute Gasteiger partial charge is 0.309 e. The van der Waals surface area contributed by atoms with Crippen LogP contribution in [0.3, 0.4) is 0 Å². The number of nitrogens with zero attached hydrogens (tertiary/aromatic N) is 2. The molecule has 0 aliphatic rings. The van der Waals surface area contributed by atoms with Gasteiger partial charge in [0.05, 0.1) is 75.5 Å². The van der Waals surface area contributed by atoms with Gasteiger partial charge in [-0.2, -0.15) is 0 Å². The van der Waals surface area contributed by atoms with Crippen LogP contribution in [0.2, 0.25) is 0 Å². The van der Waals surface area contributed by atoms with Crippen LogP contribution in [0.4, 0.5) is 0 Å². The summed E-state index contributed by atoms with van der Waals surface area (Å²) >= 11 is 0. The molecule has 0 saturated heterocycles. The van der Waals surface area contributed by atoms with Gasteiger partial charge in [0.1, 0.15) is 0 Å². The van der Waals surface area contributed by atoms with Gasteiger partial charge in [0, 0.05) is 32.9 Å². The molecular weight excluding hydrogens is 749 g/mol. The minimum atomic E-state index is -1.17. The van der Waals surface area contributed by atoms with Crippen LogP contribution < -0.4 is 0 Å². The van der Waals surface area contributed by atoms with Gasteiger partial charge < -0.3 is 9.13 Å².